The predicted molar refractivity (Wildman–Crippen MR) is 66.5 cm³/mol. The van der Waals surface area contributed by atoms with Gasteiger partial charge in [-0.3, -0.25) is 14.4 Å². The first-order chi connectivity index (χ1) is 9.59. The van der Waals surface area contributed by atoms with Crippen molar-refractivity contribution in [3.8, 4) is 0 Å². The Kier molecular flexibility index (Phi) is 2.86. The van der Waals surface area contributed by atoms with E-state index in [2.05, 4.69) is 4.65 Å². The van der Waals surface area contributed by atoms with Crippen molar-refractivity contribution in [3.05, 3.63) is 35.4 Å². The maximum absolute atomic E-state index is 12.1. The van der Waals surface area contributed by atoms with Crippen LogP contribution in [-0.2, 0) is 14.3 Å². The van der Waals surface area contributed by atoms with E-state index in [0.717, 1.165) is 6.42 Å². The summed E-state index contributed by atoms with van der Waals surface area (Å²) in [5.41, 5.74) is -0.816. The second kappa shape index (κ2) is 4.45. The summed E-state index contributed by atoms with van der Waals surface area (Å²) in [5.74, 6) is -1.94. The molecular weight excluding hydrogens is 261 g/mol. The van der Waals surface area contributed by atoms with Crippen LogP contribution in [0.4, 0.5) is 0 Å². The van der Waals surface area contributed by atoms with Gasteiger partial charge in [-0.25, -0.2) is 4.84 Å². The average Bonchev–Trinajstić information content (AvgIpc) is 2.67. The Labute approximate surface area is 116 Å². The van der Waals surface area contributed by atoms with Crippen LogP contribution in [-0.4, -0.2) is 36.5 Å². The third kappa shape index (κ3) is 1.66. The maximum atomic E-state index is 12.1. The van der Waals surface area contributed by atoms with Crippen molar-refractivity contribution in [3.63, 3.8) is 0 Å². The lowest BCUT2D eigenvalue weighted by Crippen LogP contribution is -2.53. The van der Waals surface area contributed by atoms with Crippen molar-refractivity contribution in [2.75, 3.05) is 0 Å². The van der Waals surface area contributed by atoms with Crippen LogP contribution in [0.1, 0.15) is 40.0 Å². The van der Waals surface area contributed by atoms with Crippen LogP contribution in [0.5, 0.6) is 0 Å². The Morgan fingerprint density at radius 2 is 1.70 bits per heavy atom. The summed E-state index contributed by atoms with van der Waals surface area (Å²) in [6, 6.07) is 6.38. The van der Waals surface area contributed by atoms with Crippen LogP contribution in [0.25, 0.3) is 0 Å². The zero-order chi connectivity index (χ0) is 14.3. The highest BCUT2D eigenvalue weighted by Gasteiger charge is 2.52. The molecule has 0 atom stereocenters. The Morgan fingerprint density at radius 3 is 2.10 bits per heavy atom. The number of carbonyl (C=O) groups is 3. The van der Waals surface area contributed by atoms with Gasteiger partial charge in [0, 0.05) is 0 Å². The molecule has 2 radical (unpaired) electrons. The van der Waals surface area contributed by atoms with Gasteiger partial charge in [0.05, 0.1) is 11.1 Å². The number of carbonyl (C=O) groups excluding carboxylic acids is 3. The summed E-state index contributed by atoms with van der Waals surface area (Å²) in [4.78, 5) is 41.3. The molecule has 6 nitrogen and oxygen atoms in total. The van der Waals surface area contributed by atoms with E-state index in [1.54, 1.807) is 12.1 Å². The Hall–Kier alpha value is -2.15. The fourth-order valence-corrected chi connectivity index (χ4v) is 2.36. The van der Waals surface area contributed by atoms with Crippen molar-refractivity contribution >= 4 is 25.8 Å². The van der Waals surface area contributed by atoms with Crippen molar-refractivity contribution in [2.24, 2.45) is 0 Å². The number of imide groups is 1. The largest absolute Gasteiger partial charge is 0.541 e. The van der Waals surface area contributed by atoms with Gasteiger partial charge < -0.3 is 4.65 Å². The molecule has 1 aromatic rings. The molecule has 0 spiro atoms. The molecule has 1 fully saturated rings. The molecule has 1 aromatic carbocycles. The molecule has 1 heterocycles. The zero-order valence-electron chi connectivity index (χ0n) is 10.5. The number of benzene rings is 1. The number of rotatable bonds is 3. The summed E-state index contributed by atoms with van der Waals surface area (Å²) < 4.78 is 4.20. The summed E-state index contributed by atoms with van der Waals surface area (Å²) >= 11 is 0. The van der Waals surface area contributed by atoms with Crippen LogP contribution >= 0.6 is 0 Å². The van der Waals surface area contributed by atoms with Crippen molar-refractivity contribution < 1.29 is 23.9 Å². The van der Waals surface area contributed by atoms with Crippen LogP contribution in [0.15, 0.2) is 24.3 Å². The highest BCUT2D eigenvalue weighted by molar-refractivity contribution is 6.20. The monoisotopic (exact) mass is 271 g/mol. The van der Waals surface area contributed by atoms with E-state index < -0.39 is 23.4 Å². The molecule has 20 heavy (non-hydrogen) atoms. The number of hydrogen-bond acceptors (Lipinski definition) is 5. The molecular formula is C13H10BNO5. The van der Waals surface area contributed by atoms with E-state index in [1.807, 2.05) is 0 Å². The summed E-state index contributed by atoms with van der Waals surface area (Å²) in [7, 11) is 4.88. The first kappa shape index (κ1) is 12.9. The molecule has 1 aliphatic carbocycles. The minimum Gasteiger partial charge on any atom is -0.541 e. The highest BCUT2D eigenvalue weighted by Crippen LogP contribution is 2.39. The third-order valence-electron chi connectivity index (χ3n) is 3.66. The number of amides is 2. The van der Waals surface area contributed by atoms with Gasteiger partial charge in [0.25, 0.3) is 11.8 Å². The SMILES string of the molecule is [B]OC(=O)C1(ON2C(=O)c3ccccc3C2=O)CCC1. The zero-order valence-corrected chi connectivity index (χ0v) is 10.5. The van der Waals surface area contributed by atoms with Crippen molar-refractivity contribution in [2.45, 2.75) is 24.9 Å². The predicted octanol–water partition coefficient (Wildman–Crippen LogP) is 0.764. The number of fused-ring (bicyclic) bond motifs is 1. The van der Waals surface area contributed by atoms with E-state index in [9.17, 15) is 14.4 Å². The molecule has 0 saturated heterocycles. The van der Waals surface area contributed by atoms with Crippen LogP contribution < -0.4 is 0 Å². The van der Waals surface area contributed by atoms with Gasteiger partial charge in [-0.1, -0.05) is 12.1 Å². The summed E-state index contributed by atoms with van der Waals surface area (Å²) in [5, 5.41) is 0.626. The fraction of sp³-hybridized carbons (Fsp3) is 0.308. The Balaban J connectivity index is 1.88. The summed E-state index contributed by atoms with van der Waals surface area (Å²) in [6.45, 7) is 0. The number of hydroxylamine groups is 2. The van der Waals surface area contributed by atoms with E-state index in [1.165, 1.54) is 12.1 Å². The van der Waals surface area contributed by atoms with Gasteiger partial charge in [0.2, 0.25) is 0 Å². The molecule has 1 aliphatic heterocycles. The van der Waals surface area contributed by atoms with Gasteiger partial charge in [0.15, 0.2) is 5.60 Å². The molecule has 1 saturated carbocycles. The molecule has 2 amide bonds. The van der Waals surface area contributed by atoms with Crippen LogP contribution in [0.3, 0.4) is 0 Å². The second-order valence-corrected chi connectivity index (χ2v) is 4.79. The van der Waals surface area contributed by atoms with E-state index in [4.69, 9.17) is 12.9 Å². The first-order valence-electron chi connectivity index (χ1n) is 6.17. The molecule has 2 aliphatic rings. The molecule has 0 N–H and O–H groups in total. The molecule has 0 aromatic heterocycles. The lowest BCUT2D eigenvalue weighted by atomic mass is 9.80. The lowest BCUT2D eigenvalue weighted by molar-refractivity contribution is -0.227. The van der Waals surface area contributed by atoms with Gasteiger partial charge in [-0.2, -0.15) is 0 Å². The Morgan fingerprint density at radius 1 is 1.15 bits per heavy atom. The fourth-order valence-electron chi connectivity index (χ4n) is 2.36. The molecule has 0 bridgehead atoms. The van der Waals surface area contributed by atoms with Gasteiger partial charge in [-0.05, 0) is 31.4 Å². The van der Waals surface area contributed by atoms with Gasteiger partial charge in [0.1, 0.15) is 0 Å². The average molecular weight is 271 g/mol. The quantitative estimate of drug-likeness (QED) is 0.599. The smallest absolute Gasteiger partial charge is 0.378 e. The van der Waals surface area contributed by atoms with E-state index in [0.29, 0.717) is 17.9 Å². The Bertz CT molecular complexity index is 576. The van der Waals surface area contributed by atoms with Gasteiger partial charge in [-0.15, -0.1) is 5.06 Å². The highest BCUT2D eigenvalue weighted by atomic mass is 16.7. The topological polar surface area (TPSA) is 72.9 Å². The normalized spacial score (nSPS) is 19.5. The molecule has 3 rings (SSSR count). The van der Waals surface area contributed by atoms with Crippen molar-refractivity contribution in [1.29, 1.82) is 0 Å². The molecule has 100 valence electrons. The number of hydrogen-bond donors (Lipinski definition) is 0. The second-order valence-electron chi connectivity index (χ2n) is 4.79. The summed E-state index contributed by atoms with van der Waals surface area (Å²) in [6.07, 6.45) is 1.45. The standard InChI is InChI=1S/C13H10BNO5/c14-19-12(18)13(6-3-7-13)20-15-10(16)8-4-1-2-5-9(8)11(15)17/h1-2,4-5H,3,6-7H2. The minimum atomic E-state index is -1.33. The van der Waals surface area contributed by atoms with E-state index in [-0.39, 0.29) is 11.1 Å². The lowest BCUT2D eigenvalue weighted by Gasteiger charge is -2.39. The number of nitrogens with zero attached hydrogens (tertiary/aromatic N) is 1. The maximum Gasteiger partial charge on any atom is 0.378 e. The van der Waals surface area contributed by atoms with E-state index >= 15 is 0 Å². The molecule has 7 heteroatoms. The minimum absolute atomic E-state index is 0.257. The third-order valence-corrected chi connectivity index (χ3v) is 3.66. The first-order valence-corrected chi connectivity index (χ1v) is 6.17. The van der Waals surface area contributed by atoms with Crippen LogP contribution in [0.2, 0.25) is 0 Å². The van der Waals surface area contributed by atoms with Gasteiger partial charge >= 0.3 is 14.0 Å². The van der Waals surface area contributed by atoms with Crippen molar-refractivity contribution in [1.82, 2.24) is 5.06 Å². The van der Waals surface area contributed by atoms with Crippen LogP contribution in [0, 0.1) is 0 Å². The molecule has 0 unspecified atom stereocenters.